The van der Waals surface area contributed by atoms with Gasteiger partial charge in [-0.15, -0.1) is 0 Å². The van der Waals surface area contributed by atoms with Gasteiger partial charge in [0, 0.05) is 18.4 Å². The summed E-state index contributed by atoms with van der Waals surface area (Å²) in [6, 6.07) is 8.88. The number of carbonyl (C=O) groups is 3. The zero-order valence-electron chi connectivity index (χ0n) is 20.3. The highest BCUT2D eigenvalue weighted by Crippen LogP contribution is 2.31. The predicted octanol–water partition coefficient (Wildman–Crippen LogP) is 2.54. The molecule has 1 aromatic rings. The van der Waals surface area contributed by atoms with Gasteiger partial charge < -0.3 is 25.8 Å². The van der Waals surface area contributed by atoms with Crippen molar-refractivity contribution in [1.29, 1.82) is 0 Å². The standard InChI is InChI=1S/C26H39N3O5/c1-17(2)13-22(25(32)28-21(16-30)15-20-11-12-27-24(20)31)29-26(33)34-23-10-6-9-19(23)14-18-7-4-3-5-8-18/h3-5,7-8,17,19-23,30H,6,9-16H2,1-2H3,(H,27,31)(H,28,32)(H,29,33). The number of alkyl carbamates (subject to hydrolysis) is 1. The van der Waals surface area contributed by atoms with E-state index in [0.29, 0.717) is 25.8 Å². The summed E-state index contributed by atoms with van der Waals surface area (Å²) in [6.45, 7) is 4.31. The van der Waals surface area contributed by atoms with Crippen LogP contribution in [0.15, 0.2) is 30.3 Å². The number of amides is 3. The molecule has 34 heavy (non-hydrogen) atoms. The highest BCUT2D eigenvalue weighted by atomic mass is 16.6. The minimum absolute atomic E-state index is 0.0465. The second-order valence-corrected chi connectivity index (χ2v) is 10.1. The third-order valence-electron chi connectivity index (χ3n) is 6.80. The summed E-state index contributed by atoms with van der Waals surface area (Å²) < 4.78 is 5.78. The lowest BCUT2D eigenvalue weighted by Crippen LogP contribution is -2.52. The molecule has 0 spiro atoms. The Morgan fingerprint density at radius 1 is 1.15 bits per heavy atom. The summed E-state index contributed by atoms with van der Waals surface area (Å²) in [4.78, 5) is 37.6. The number of ether oxygens (including phenoxy) is 1. The lowest BCUT2D eigenvalue weighted by atomic mass is 9.96. The maximum Gasteiger partial charge on any atom is 0.408 e. The van der Waals surface area contributed by atoms with E-state index >= 15 is 0 Å². The minimum atomic E-state index is -0.770. The van der Waals surface area contributed by atoms with E-state index in [1.807, 2.05) is 32.0 Å². The molecule has 2 aliphatic rings. The normalized spacial score (nSPS) is 23.9. The number of nitrogens with one attached hydrogen (secondary N) is 3. The topological polar surface area (TPSA) is 117 Å². The average Bonchev–Trinajstić information content (AvgIpc) is 3.41. The SMILES string of the molecule is CC(C)CC(NC(=O)OC1CCCC1Cc1ccccc1)C(=O)NC(CO)CC1CCNC1=O. The second kappa shape index (κ2) is 12.7. The van der Waals surface area contributed by atoms with Crippen LogP contribution in [0.4, 0.5) is 4.79 Å². The molecule has 0 bridgehead atoms. The van der Waals surface area contributed by atoms with Crippen LogP contribution in [0, 0.1) is 17.8 Å². The summed E-state index contributed by atoms with van der Waals surface area (Å²) >= 11 is 0. The molecule has 1 aliphatic heterocycles. The highest BCUT2D eigenvalue weighted by molar-refractivity contribution is 5.86. The first-order chi connectivity index (χ1) is 16.4. The van der Waals surface area contributed by atoms with Crippen molar-refractivity contribution in [1.82, 2.24) is 16.0 Å². The lowest BCUT2D eigenvalue weighted by Gasteiger charge is -2.26. The molecule has 8 nitrogen and oxygen atoms in total. The van der Waals surface area contributed by atoms with E-state index in [1.165, 1.54) is 5.56 Å². The van der Waals surface area contributed by atoms with E-state index in [2.05, 4.69) is 28.1 Å². The maximum absolute atomic E-state index is 13.0. The molecular formula is C26H39N3O5. The van der Waals surface area contributed by atoms with Crippen LogP contribution in [0.5, 0.6) is 0 Å². The first-order valence-electron chi connectivity index (χ1n) is 12.6. The number of hydrogen-bond acceptors (Lipinski definition) is 5. The molecule has 1 saturated heterocycles. The fraction of sp³-hybridized carbons (Fsp3) is 0.654. The van der Waals surface area contributed by atoms with Crippen molar-refractivity contribution >= 4 is 17.9 Å². The Morgan fingerprint density at radius 3 is 2.56 bits per heavy atom. The molecule has 1 saturated carbocycles. The summed E-state index contributed by atoms with van der Waals surface area (Å²) in [6.07, 6.45) is 4.46. The Morgan fingerprint density at radius 2 is 1.91 bits per heavy atom. The van der Waals surface area contributed by atoms with Gasteiger partial charge in [0.05, 0.1) is 12.6 Å². The molecule has 188 valence electrons. The molecule has 5 atom stereocenters. The Bertz CT molecular complexity index is 816. The summed E-state index contributed by atoms with van der Waals surface area (Å²) in [7, 11) is 0. The molecule has 5 unspecified atom stereocenters. The average molecular weight is 474 g/mol. The van der Waals surface area contributed by atoms with Gasteiger partial charge in [0.25, 0.3) is 0 Å². The van der Waals surface area contributed by atoms with Crippen LogP contribution >= 0.6 is 0 Å². The number of aliphatic hydroxyl groups excluding tert-OH is 1. The van der Waals surface area contributed by atoms with Crippen molar-refractivity contribution in [3.05, 3.63) is 35.9 Å². The summed E-state index contributed by atoms with van der Waals surface area (Å²) in [5.74, 6) is -0.198. The van der Waals surface area contributed by atoms with Crippen molar-refractivity contribution in [3.63, 3.8) is 0 Å². The van der Waals surface area contributed by atoms with E-state index in [9.17, 15) is 19.5 Å². The summed E-state index contributed by atoms with van der Waals surface area (Å²) in [5.41, 5.74) is 1.23. The van der Waals surface area contributed by atoms with Crippen LogP contribution in [0.1, 0.15) is 57.9 Å². The molecular weight excluding hydrogens is 434 g/mol. The number of carbonyl (C=O) groups excluding carboxylic acids is 3. The molecule has 1 aromatic carbocycles. The first-order valence-corrected chi connectivity index (χ1v) is 12.6. The zero-order chi connectivity index (χ0) is 24.5. The van der Waals surface area contributed by atoms with Gasteiger partial charge in [0.1, 0.15) is 12.1 Å². The Kier molecular flexibility index (Phi) is 9.74. The van der Waals surface area contributed by atoms with Crippen LogP contribution in [0.25, 0.3) is 0 Å². The summed E-state index contributed by atoms with van der Waals surface area (Å²) in [5, 5.41) is 18.1. The van der Waals surface area contributed by atoms with Gasteiger partial charge in [-0.1, -0.05) is 44.2 Å². The van der Waals surface area contributed by atoms with Crippen LogP contribution in [-0.4, -0.2) is 54.4 Å². The molecule has 3 amide bonds. The Balaban J connectivity index is 1.54. The lowest BCUT2D eigenvalue weighted by molar-refractivity contribution is -0.126. The van der Waals surface area contributed by atoms with Crippen molar-refractivity contribution in [2.75, 3.05) is 13.2 Å². The maximum atomic E-state index is 13.0. The predicted molar refractivity (Wildman–Crippen MR) is 129 cm³/mol. The fourth-order valence-electron chi connectivity index (χ4n) is 5.02. The van der Waals surface area contributed by atoms with Gasteiger partial charge in [0.2, 0.25) is 11.8 Å². The van der Waals surface area contributed by atoms with E-state index in [4.69, 9.17) is 4.74 Å². The number of aliphatic hydroxyl groups is 1. The Hall–Kier alpha value is -2.61. The highest BCUT2D eigenvalue weighted by Gasteiger charge is 2.33. The molecule has 4 N–H and O–H groups in total. The van der Waals surface area contributed by atoms with Gasteiger partial charge in [0.15, 0.2) is 0 Å². The largest absolute Gasteiger partial charge is 0.446 e. The monoisotopic (exact) mass is 473 g/mol. The van der Waals surface area contributed by atoms with Crippen LogP contribution in [-0.2, 0) is 20.7 Å². The number of rotatable bonds is 11. The zero-order valence-corrected chi connectivity index (χ0v) is 20.3. The molecule has 0 radical (unpaired) electrons. The van der Waals surface area contributed by atoms with Gasteiger partial charge in [-0.05, 0) is 56.4 Å². The smallest absolute Gasteiger partial charge is 0.408 e. The number of hydrogen-bond donors (Lipinski definition) is 4. The van der Waals surface area contributed by atoms with Crippen molar-refractivity contribution in [2.24, 2.45) is 17.8 Å². The second-order valence-electron chi connectivity index (χ2n) is 10.1. The van der Waals surface area contributed by atoms with Crippen LogP contribution in [0.3, 0.4) is 0 Å². The molecule has 0 aromatic heterocycles. The third kappa shape index (κ3) is 7.72. The van der Waals surface area contributed by atoms with Crippen LogP contribution in [0.2, 0.25) is 0 Å². The molecule has 2 fully saturated rings. The van der Waals surface area contributed by atoms with Crippen molar-refractivity contribution in [2.45, 2.75) is 77.0 Å². The molecule has 3 rings (SSSR count). The molecule has 1 heterocycles. The van der Waals surface area contributed by atoms with Gasteiger partial charge in [-0.2, -0.15) is 0 Å². The first kappa shape index (κ1) is 26.0. The van der Waals surface area contributed by atoms with Crippen LogP contribution < -0.4 is 16.0 Å². The van der Waals surface area contributed by atoms with E-state index in [1.54, 1.807) is 0 Å². The Labute approximate surface area is 202 Å². The van der Waals surface area contributed by atoms with Gasteiger partial charge in [-0.25, -0.2) is 4.79 Å². The van der Waals surface area contributed by atoms with Crippen molar-refractivity contribution in [3.8, 4) is 0 Å². The molecule has 8 heteroatoms. The van der Waals surface area contributed by atoms with E-state index in [-0.39, 0.29) is 42.3 Å². The van der Waals surface area contributed by atoms with Gasteiger partial charge >= 0.3 is 6.09 Å². The quantitative estimate of drug-likeness (QED) is 0.394. The number of benzene rings is 1. The molecule has 1 aliphatic carbocycles. The van der Waals surface area contributed by atoms with Gasteiger partial charge in [-0.3, -0.25) is 9.59 Å². The third-order valence-corrected chi connectivity index (χ3v) is 6.80. The van der Waals surface area contributed by atoms with E-state index < -0.39 is 18.2 Å². The minimum Gasteiger partial charge on any atom is -0.446 e. The van der Waals surface area contributed by atoms with Crippen molar-refractivity contribution < 1.29 is 24.2 Å². The van der Waals surface area contributed by atoms with E-state index in [0.717, 1.165) is 25.7 Å². The fourth-order valence-corrected chi connectivity index (χ4v) is 5.02.